The molecular weight excluding hydrogens is 334 g/mol. The van der Waals surface area contributed by atoms with Gasteiger partial charge >= 0.3 is 0 Å². The van der Waals surface area contributed by atoms with E-state index in [1.54, 1.807) is 4.90 Å². The van der Waals surface area contributed by atoms with Crippen molar-refractivity contribution in [3.63, 3.8) is 0 Å². The molecular formula is C18H21N5OS. The van der Waals surface area contributed by atoms with Crippen LogP contribution < -0.4 is 4.90 Å². The van der Waals surface area contributed by atoms with Crippen LogP contribution in [-0.2, 0) is 11.3 Å². The Morgan fingerprint density at radius 1 is 1.36 bits per heavy atom. The van der Waals surface area contributed by atoms with Crippen molar-refractivity contribution in [2.75, 3.05) is 17.2 Å². The first kappa shape index (κ1) is 17.5. The van der Waals surface area contributed by atoms with E-state index in [0.29, 0.717) is 18.9 Å². The van der Waals surface area contributed by atoms with Gasteiger partial charge < -0.3 is 9.47 Å². The highest BCUT2D eigenvalue weighted by atomic mass is 32.2. The smallest absolute Gasteiger partial charge is 0.237 e. The van der Waals surface area contributed by atoms with Crippen LogP contribution in [0.1, 0.15) is 37.9 Å². The third kappa shape index (κ3) is 4.20. The molecule has 0 atom stereocenters. The highest BCUT2D eigenvalue weighted by Crippen LogP contribution is 2.40. The van der Waals surface area contributed by atoms with Crippen LogP contribution >= 0.6 is 11.8 Å². The average molecular weight is 355 g/mol. The standard InChI is InChI=1S/C18H21N5OS/c1-2-22-17(14-9-10-14)20-21-18(22)25-13-16(24)23(12-6-11-19)15-7-4-3-5-8-15/h3-5,7-8,14H,2,6,9-10,12-13H2,1H3. The van der Waals surface area contributed by atoms with Crippen molar-refractivity contribution in [2.45, 2.75) is 43.8 Å². The van der Waals surface area contributed by atoms with Gasteiger partial charge in [0.05, 0.1) is 18.2 Å². The Kier molecular flexibility index (Phi) is 5.71. The molecule has 1 aromatic heterocycles. The Hall–Kier alpha value is -2.33. The molecule has 1 heterocycles. The summed E-state index contributed by atoms with van der Waals surface area (Å²) in [7, 11) is 0. The molecule has 0 saturated heterocycles. The molecule has 130 valence electrons. The minimum atomic E-state index is -0.0231. The number of para-hydroxylation sites is 1. The van der Waals surface area contributed by atoms with Crippen LogP contribution in [0, 0.1) is 11.3 Å². The molecule has 0 N–H and O–H groups in total. The summed E-state index contributed by atoms with van der Waals surface area (Å²) in [5.74, 6) is 1.84. The van der Waals surface area contributed by atoms with Crippen LogP contribution in [-0.4, -0.2) is 33.0 Å². The van der Waals surface area contributed by atoms with Gasteiger partial charge in [-0.2, -0.15) is 5.26 Å². The first-order valence-electron chi connectivity index (χ1n) is 8.52. The molecule has 1 fully saturated rings. The summed E-state index contributed by atoms with van der Waals surface area (Å²) in [6.07, 6.45) is 2.66. The average Bonchev–Trinajstić information content (AvgIpc) is 3.41. The molecule has 3 rings (SSSR count). The highest BCUT2D eigenvalue weighted by Gasteiger charge is 2.30. The number of nitriles is 1. The summed E-state index contributed by atoms with van der Waals surface area (Å²) in [5.41, 5.74) is 0.818. The molecule has 0 aliphatic heterocycles. The summed E-state index contributed by atoms with van der Waals surface area (Å²) in [4.78, 5) is 14.4. The van der Waals surface area contributed by atoms with E-state index >= 15 is 0 Å². The number of hydrogen-bond acceptors (Lipinski definition) is 5. The summed E-state index contributed by atoms with van der Waals surface area (Å²) < 4.78 is 2.11. The molecule has 1 amide bonds. The van der Waals surface area contributed by atoms with E-state index in [4.69, 9.17) is 5.26 Å². The minimum Gasteiger partial charge on any atom is -0.311 e. The fourth-order valence-electron chi connectivity index (χ4n) is 2.72. The van der Waals surface area contributed by atoms with E-state index in [1.165, 1.54) is 24.6 Å². The summed E-state index contributed by atoms with van der Waals surface area (Å²) in [5, 5.41) is 18.2. The second-order valence-electron chi connectivity index (χ2n) is 5.94. The van der Waals surface area contributed by atoms with Gasteiger partial charge in [-0.05, 0) is 31.9 Å². The number of carbonyl (C=O) groups is 1. The maximum Gasteiger partial charge on any atom is 0.237 e. The molecule has 1 aliphatic rings. The minimum absolute atomic E-state index is 0.0231. The monoisotopic (exact) mass is 355 g/mol. The van der Waals surface area contributed by atoms with Crippen LogP contribution in [0.15, 0.2) is 35.5 Å². The number of nitrogens with zero attached hydrogens (tertiary/aromatic N) is 5. The lowest BCUT2D eigenvalue weighted by Crippen LogP contribution is -2.33. The molecule has 0 unspecified atom stereocenters. The molecule has 25 heavy (non-hydrogen) atoms. The van der Waals surface area contributed by atoms with Gasteiger partial charge in [0.2, 0.25) is 5.91 Å². The van der Waals surface area contributed by atoms with Gasteiger partial charge in [0.25, 0.3) is 0 Å². The lowest BCUT2D eigenvalue weighted by molar-refractivity contribution is -0.116. The molecule has 6 nitrogen and oxygen atoms in total. The third-order valence-electron chi connectivity index (χ3n) is 4.15. The number of anilines is 1. The Morgan fingerprint density at radius 2 is 2.12 bits per heavy atom. The maximum atomic E-state index is 12.7. The number of aromatic nitrogens is 3. The fraction of sp³-hybridized carbons (Fsp3) is 0.444. The highest BCUT2D eigenvalue weighted by molar-refractivity contribution is 7.99. The van der Waals surface area contributed by atoms with Crippen molar-refractivity contribution in [3.8, 4) is 6.07 Å². The van der Waals surface area contributed by atoms with E-state index in [1.807, 2.05) is 30.3 Å². The predicted octanol–water partition coefficient (Wildman–Crippen LogP) is 3.21. The molecule has 7 heteroatoms. The van der Waals surface area contributed by atoms with Gasteiger partial charge in [-0.3, -0.25) is 4.79 Å². The van der Waals surface area contributed by atoms with Crippen LogP contribution in [0.25, 0.3) is 0 Å². The number of amides is 1. The maximum absolute atomic E-state index is 12.7. The Balaban J connectivity index is 1.68. The quantitative estimate of drug-likeness (QED) is 0.680. The fourth-order valence-corrected chi connectivity index (χ4v) is 3.60. The number of benzene rings is 1. The van der Waals surface area contributed by atoms with Gasteiger partial charge in [-0.25, -0.2) is 0 Å². The largest absolute Gasteiger partial charge is 0.311 e. The Morgan fingerprint density at radius 3 is 2.76 bits per heavy atom. The molecule has 1 aliphatic carbocycles. The molecule has 1 aromatic carbocycles. The van der Waals surface area contributed by atoms with E-state index in [-0.39, 0.29) is 11.7 Å². The molecule has 0 bridgehead atoms. The zero-order valence-corrected chi connectivity index (χ0v) is 15.1. The van der Waals surface area contributed by atoms with Gasteiger partial charge in [0, 0.05) is 24.7 Å². The molecule has 0 radical (unpaired) electrons. The van der Waals surface area contributed by atoms with E-state index in [0.717, 1.165) is 23.2 Å². The van der Waals surface area contributed by atoms with Crippen molar-refractivity contribution in [1.29, 1.82) is 5.26 Å². The first-order chi connectivity index (χ1) is 12.2. The van der Waals surface area contributed by atoms with Crippen LogP contribution in [0.4, 0.5) is 5.69 Å². The van der Waals surface area contributed by atoms with E-state index in [9.17, 15) is 4.79 Å². The van der Waals surface area contributed by atoms with E-state index in [2.05, 4.69) is 27.8 Å². The summed E-state index contributed by atoms with van der Waals surface area (Å²) >= 11 is 1.42. The van der Waals surface area contributed by atoms with Gasteiger partial charge in [0.15, 0.2) is 5.16 Å². The molecule has 2 aromatic rings. The lowest BCUT2D eigenvalue weighted by atomic mass is 10.2. The molecule has 1 saturated carbocycles. The van der Waals surface area contributed by atoms with Crippen LogP contribution in [0.3, 0.4) is 0 Å². The number of thioether (sulfide) groups is 1. The lowest BCUT2D eigenvalue weighted by Gasteiger charge is -2.21. The SMILES string of the molecule is CCn1c(SCC(=O)N(CCC#N)c2ccccc2)nnc1C1CC1. The number of carbonyl (C=O) groups excluding carboxylic acids is 1. The van der Waals surface area contributed by atoms with Gasteiger partial charge in [0.1, 0.15) is 5.82 Å². The van der Waals surface area contributed by atoms with E-state index < -0.39 is 0 Å². The van der Waals surface area contributed by atoms with Crippen molar-refractivity contribution in [2.24, 2.45) is 0 Å². The molecule has 0 spiro atoms. The Bertz CT molecular complexity index is 764. The second kappa shape index (κ2) is 8.17. The van der Waals surface area contributed by atoms with Gasteiger partial charge in [-0.15, -0.1) is 10.2 Å². The topological polar surface area (TPSA) is 74.8 Å². The van der Waals surface area contributed by atoms with Gasteiger partial charge in [-0.1, -0.05) is 30.0 Å². The Labute approximate surface area is 151 Å². The third-order valence-corrected chi connectivity index (χ3v) is 5.10. The van der Waals surface area contributed by atoms with Crippen LogP contribution in [0.5, 0.6) is 0 Å². The normalized spacial score (nSPS) is 13.4. The second-order valence-corrected chi connectivity index (χ2v) is 6.88. The first-order valence-corrected chi connectivity index (χ1v) is 9.51. The predicted molar refractivity (Wildman–Crippen MR) is 97.4 cm³/mol. The van der Waals surface area contributed by atoms with Crippen molar-refractivity contribution in [1.82, 2.24) is 14.8 Å². The number of hydrogen-bond donors (Lipinski definition) is 0. The van der Waals surface area contributed by atoms with Crippen molar-refractivity contribution < 1.29 is 4.79 Å². The van der Waals surface area contributed by atoms with Crippen molar-refractivity contribution in [3.05, 3.63) is 36.2 Å². The number of rotatable bonds is 8. The van der Waals surface area contributed by atoms with Crippen LogP contribution in [0.2, 0.25) is 0 Å². The zero-order chi connectivity index (χ0) is 17.6. The zero-order valence-electron chi connectivity index (χ0n) is 14.3. The van der Waals surface area contributed by atoms with Crippen molar-refractivity contribution >= 4 is 23.4 Å². The summed E-state index contributed by atoms with van der Waals surface area (Å²) in [6, 6.07) is 11.6. The summed E-state index contributed by atoms with van der Waals surface area (Å²) in [6.45, 7) is 3.28.